The second-order valence-corrected chi connectivity index (χ2v) is 32.2. The minimum absolute atomic E-state index is 0.0211. The maximum absolute atomic E-state index is 10.5. The molecule has 19 heteroatoms. The van der Waals surface area contributed by atoms with Gasteiger partial charge in [-0.25, -0.2) is 19.9 Å². The maximum atomic E-state index is 10.5. The van der Waals surface area contributed by atoms with Gasteiger partial charge in [0.1, 0.15) is 51.4 Å². The molecule has 0 unspecified atom stereocenters. The Morgan fingerprint density at radius 2 is 0.628 bits per heavy atom. The zero-order valence-electron chi connectivity index (χ0n) is 71.6. The van der Waals surface area contributed by atoms with Gasteiger partial charge in [0, 0.05) is 58.7 Å². The normalized spacial score (nSPS) is 11.4. The average Bonchev–Trinajstić information content (AvgIpc) is 0.739. The Labute approximate surface area is 742 Å². The molecule has 21 rings (SSSR count). The fourth-order valence-corrected chi connectivity index (χ4v) is 16.4. The van der Waals surface area contributed by atoms with Gasteiger partial charge in [-0.05, 0) is 212 Å². The molecular weight excluding hydrogens is 1610 g/mol. The van der Waals surface area contributed by atoms with Crippen LogP contribution >= 0.6 is 0 Å². The first-order valence-corrected chi connectivity index (χ1v) is 42.6. The summed E-state index contributed by atoms with van der Waals surface area (Å²) in [5.74, 6) is 2.02. The van der Waals surface area contributed by atoms with E-state index in [2.05, 4.69) is 185 Å². The van der Waals surface area contributed by atoms with Crippen molar-refractivity contribution in [2.75, 3.05) is 6.61 Å². The molecule has 0 radical (unpaired) electrons. The lowest BCUT2D eigenvalue weighted by Gasteiger charge is -2.16. The molecule has 0 spiro atoms. The van der Waals surface area contributed by atoms with Gasteiger partial charge in [-0.3, -0.25) is 0 Å². The molecule has 0 saturated carbocycles. The van der Waals surface area contributed by atoms with Crippen molar-refractivity contribution >= 4 is 97.0 Å². The molecule has 0 aliphatic carbocycles. The summed E-state index contributed by atoms with van der Waals surface area (Å²) in [7, 11) is 0. The summed E-state index contributed by atoms with van der Waals surface area (Å²) in [6.45, 7) is 14.2. The summed E-state index contributed by atoms with van der Waals surface area (Å²) < 4.78 is 23.6. The van der Waals surface area contributed by atoms with Gasteiger partial charge in [0.25, 0.3) is 0 Å². The van der Waals surface area contributed by atoms with E-state index in [9.17, 15) is 35.7 Å². The van der Waals surface area contributed by atoms with Crippen LogP contribution in [0.5, 0.6) is 63.8 Å². The lowest BCUT2D eigenvalue weighted by atomic mass is 9.91. The minimum atomic E-state index is -0.331. The van der Waals surface area contributed by atoms with E-state index >= 15 is 0 Å². The maximum Gasteiger partial charge on any atom is 0.217 e. The molecule has 0 bridgehead atoms. The second-order valence-electron chi connectivity index (χ2n) is 32.2. The van der Waals surface area contributed by atoms with Crippen molar-refractivity contribution in [1.29, 1.82) is 0 Å². The van der Waals surface area contributed by atoms with E-state index in [1.165, 1.54) is 55.2 Å². The van der Waals surface area contributed by atoms with Crippen LogP contribution in [0.2, 0.25) is 0 Å². The van der Waals surface area contributed by atoms with Gasteiger partial charge >= 0.3 is 0 Å². The summed E-state index contributed by atoms with van der Waals surface area (Å²) in [4.78, 5) is 37.2. The smallest absolute Gasteiger partial charge is 0.217 e. The van der Waals surface area contributed by atoms with E-state index in [4.69, 9.17) is 38.9 Å². The molecule has 0 aliphatic rings. The third-order valence-electron chi connectivity index (χ3n) is 22.0. The Kier molecular flexibility index (Phi) is 23.2. The highest BCUT2D eigenvalue weighted by molar-refractivity contribution is 6.25. The molecule has 0 atom stereocenters. The lowest BCUT2D eigenvalue weighted by Crippen LogP contribution is -2.08. The number of hydrogen-bond acceptors (Lipinski definition) is 19. The topological polar surface area (TPSA) is 282 Å². The van der Waals surface area contributed by atoms with Crippen LogP contribution in [-0.2, 0) is 0 Å². The summed E-state index contributed by atoms with van der Waals surface area (Å²) >= 11 is 0. The third-order valence-corrected chi connectivity index (χ3v) is 22.0. The molecule has 19 nitrogen and oxygen atoms in total. The van der Waals surface area contributed by atoms with Gasteiger partial charge in [0.15, 0.2) is 23.3 Å². The highest BCUT2D eigenvalue weighted by Gasteiger charge is 2.25. The number of aromatic hydroxyl groups is 7. The summed E-state index contributed by atoms with van der Waals surface area (Å²) in [6.07, 6.45) is 0.601. The first-order valence-electron chi connectivity index (χ1n) is 42.6. The molecule has 0 aliphatic heterocycles. The Hall–Kier alpha value is -16.5. The molecule has 0 fully saturated rings. The fraction of sp³-hybridized carbons (Fsp3) is 0.109. The number of phenols is 7. The molecule has 129 heavy (non-hydrogen) atoms. The molecule has 17 aromatic carbocycles. The largest absolute Gasteiger partial charge is 0.508 e. The predicted octanol–water partition coefficient (Wildman–Crippen LogP) is 26.1. The Balaban J connectivity index is 0.000000116. The van der Waals surface area contributed by atoms with Gasteiger partial charge < -0.3 is 54.7 Å². The van der Waals surface area contributed by atoms with Crippen molar-refractivity contribution in [1.82, 2.24) is 39.9 Å². The zero-order chi connectivity index (χ0) is 89.1. The number of aromatic nitrogens is 8. The van der Waals surface area contributed by atoms with Crippen LogP contribution < -0.4 is 18.9 Å². The zero-order valence-corrected chi connectivity index (χ0v) is 71.6. The van der Waals surface area contributed by atoms with Gasteiger partial charge in [0.2, 0.25) is 23.5 Å². The van der Waals surface area contributed by atoms with Gasteiger partial charge in [-0.1, -0.05) is 225 Å². The molecule has 0 saturated heterocycles. The number of benzene rings is 17. The Morgan fingerprint density at radius 1 is 0.240 bits per heavy atom. The number of fused-ring (bicyclic) bond motifs is 7. The second kappa shape index (κ2) is 36.0. The van der Waals surface area contributed by atoms with Crippen molar-refractivity contribution in [3.05, 3.63) is 322 Å². The Bertz CT molecular complexity index is 7730. The van der Waals surface area contributed by atoms with Crippen molar-refractivity contribution in [2.24, 2.45) is 0 Å². The number of phenolic OH excluding ortho intramolecular Hbond substituents is 7. The number of para-hydroxylation sites is 2. The predicted molar refractivity (Wildman–Crippen MR) is 515 cm³/mol. The first kappa shape index (κ1) is 83.4. The fourth-order valence-electron chi connectivity index (χ4n) is 16.4. The van der Waals surface area contributed by atoms with Crippen LogP contribution in [0, 0.1) is 0 Å². The van der Waals surface area contributed by atoms with Crippen molar-refractivity contribution < 1.29 is 54.7 Å². The standard InChI is InChI=1S/C29H22N2O2.C27H22N2O4.C27H22N2O3.C27H22N2O2/c1-17(2)33-26-16-24(30-29(31-26)23-8-3-4-9-25(23)32)21-14-12-20-11-10-18-6-5-7-19-13-15-22(21)28(20)27(18)19;1-15(2)33-24-14-21(28-27(29-24)26-22(31)12-18(30)13-23(26)32)25-19-9-5-3-7-16(19)11-17-8-4-6-10-20(17)25;1-16(2)32-25-15-22(28-27(29-25)26-23(30)12-7-13-24(26)31)21-14-17-8-3-4-9-18(17)19-10-5-6-11-20(19)21;1-2-13-31-26-17-24(28-27(29-26)23-9-5-6-10-25(23)30)21-12-11-20-14-18-7-3-4-8-19(18)15-22(20)16-21/h3-17,32H,1-2H3;3-15,30-32H,1-2H3;3-16,30-31H,1-2H3;3-12,14-17,30H,2,13H2,1H3. The molecule has 7 N–H and O–H groups in total. The van der Waals surface area contributed by atoms with E-state index in [1.807, 2.05) is 139 Å². The van der Waals surface area contributed by atoms with Gasteiger partial charge in [-0.2, -0.15) is 19.9 Å². The van der Waals surface area contributed by atoms with Crippen molar-refractivity contribution in [3.8, 4) is 154 Å². The van der Waals surface area contributed by atoms with Crippen LogP contribution in [0.25, 0.3) is 188 Å². The SMILES string of the molecule is CC(C)Oc1cc(-c2c3ccccc3cc3ccccc23)nc(-c2c(O)cc(O)cc2O)n1.CC(C)Oc1cc(-c2cc3ccccc3c3ccccc23)nc(-c2c(O)cccc2O)n1.CC(C)Oc1cc(-c2ccc3ccc4cccc5ccc2c3c45)nc(-c2ccccc2O)n1.CCCOc1cc(-c2ccc3cc4ccccc4cc3c2)nc(-c2ccccc2O)n1. The van der Waals surface area contributed by atoms with Crippen LogP contribution in [0.15, 0.2) is 322 Å². The van der Waals surface area contributed by atoms with Gasteiger partial charge in [-0.15, -0.1) is 0 Å². The summed E-state index contributed by atoms with van der Waals surface area (Å²) in [5, 5.41) is 92.8. The highest BCUT2D eigenvalue weighted by Crippen LogP contribution is 2.47. The molecule has 0 amide bonds. The number of nitrogens with zero attached hydrogens (tertiary/aromatic N) is 8. The Morgan fingerprint density at radius 3 is 1.20 bits per heavy atom. The van der Waals surface area contributed by atoms with E-state index in [0.29, 0.717) is 64.3 Å². The van der Waals surface area contributed by atoms with E-state index in [0.717, 1.165) is 106 Å². The van der Waals surface area contributed by atoms with Crippen LogP contribution in [-0.4, -0.2) is 101 Å². The number of hydrogen-bond donors (Lipinski definition) is 7. The lowest BCUT2D eigenvalue weighted by molar-refractivity contribution is 0.232. The van der Waals surface area contributed by atoms with E-state index in [-0.39, 0.29) is 81.3 Å². The molecule has 21 aromatic rings. The van der Waals surface area contributed by atoms with Crippen LogP contribution in [0.4, 0.5) is 0 Å². The summed E-state index contributed by atoms with van der Waals surface area (Å²) in [6, 6.07) is 104. The number of rotatable bonds is 17. The third kappa shape index (κ3) is 17.5. The van der Waals surface area contributed by atoms with E-state index in [1.54, 1.807) is 42.5 Å². The van der Waals surface area contributed by atoms with Crippen molar-refractivity contribution in [2.45, 2.75) is 73.2 Å². The summed E-state index contributed by atoms with van der Waals surface area (Å²) in [5.41, 5.74) is 7.92. The average molecular weight is 1700 g/mol. The highest BCUT2D eigenvalue weighted by atomic mass is 16.5. The van der Waals surface area contributed by atoms with Crippen molar-refractivity contribution in [3.63, 3.8) is 0 Å². The molecule has 4 heterocycles. The number of ether oxygens (including phenoxy) is 4. The first-order chi connectivity index (χ1) is 62.7. The minimum Gasteiger partial charge on any atom is -0.508 e. The van der Waals surface area contributed by atoms with E-state index < -0.39 is 0 Å². The molecular formula is C110H88N8O11. The van der Waals surface area contributed by atoms with Crippen LogP contribution in [0.1, 0.15) is 54.9 Å². The van der Waals surface area contributed by atoms with Crippen LogP contribution in [0.3, 0.4) is 0 Å². The molecule has 4 aromatic heterocycles. The van der Waals surface area contributed by atoms with Gasteiger partial charge in [0.05, 0.1) is 58.8 Å². The quantitative estimate of drug-likeness (QED) is 0.0329. The monoisotopic (exact) mass is 1700 g/mol. The molecule has 634 valence electrons.